The zero-order valence-electron chi connectivity index (χ0n) is 12.9. The Kier molecular flexibility index (Phi) is 5.26. The van der Waals surface area contributed by atoms with Gasteiger partial charge >= 0.3 is 0 Å². The third-order valence-corrected chi connectivity index (χ3v) is 4.18. The Morgan fingerprint density at radius 3 is 2.45 bits per heavy atom. The van der Waals surface area contributed by atoms with Crippen molar-refractivity contribution >= 4 is 5.69 Å². The van der Waals surface area contributed by atoms with Gasteiger partial charge in [0.25, 0.3) is 0 Å². The molecule has 20 heavy (non-hydrogen) atoms. The number of hydrogen-bond donors (Lipinski definition) is 2. The highest BCUT2D eigenvalue weighted by Gasteiger charge is 2.17. The summed E-state index contributed by atoms with van der Waals surface area (Å²) in [4.78, 5) is 4.81. The molecule has 112 valence electrons. The third kappa shape index (κ3) is 3.44. The Morgan fingerprint density at radius 1 is 1.20 bits per heavy atom. The second-order valence-corrected chi connectivity index (χ2v) is 5.44. The standard InChI is InChI=1S/C16H27N3O/c1-4-17-13(3)15-7-6-14(12-16(15)20)19-10-8-18(5-2)9-11-19/h6-7,12-13,17,20H,4-5,8-11H2,1-3H3. The molecule has 1 heterocycles. The monoisotopic (exact) mass is 277 g/mol. The Hall–Kier alpha value is -1.26. The highest BCUT2D eigenvalue weighted by Crippen LogP contribution is 2.29. The molecule has 0 aliphatic carbocycles. The summed E-state index contributed by atoms with van der Waals surface area (Å²) in [7, 11) is 0. The van der Waals surface area contributed by atoms with Gasteiger partial charge in [-0.1, -0.05) is 19.9 Å². The van der Waals surface area contributed by atoms with Gasteiger partial charge in [-0.05, 0) is 26.1 Å². The molecule has 1 aromatic carbocycles. The smallest absolute Gasteiger partial charge is 0.122 e. The van der Waals surface area contributed by atoms with Gasteiger partial charge in [-0.2, -0.15) is 0 Å². The highest BCUT2D eigenvalue weighted by atomic mass is 16.3. The van der Waals surface area contributed by atoms with E-state index in [-0.39, 0.29) is 6.04 Å². The van der Waals surface area contributed by atoms with Crippen LogP contribution in [-0.4, -0.2) is 49.3 Å². The second kappa shape index (κ2) is 6.95. The molecule has 1 aliphatic heterocycles. The maximum absolute atomic E-state index is 10.2. The fraction of sp³-hybridized carbons (Fsp3) is 0.625. The van der Waals surface area contributed by atoms with E-state index in [0.717, 1.165) is 50.5 Å². The van der Waals surface area contributed by atoms with E-state index in [1.807, 2.05) is 12.1 Å². The predicted octanol–water partition coefficient (Wildman–Crippen LogP) is 2.20. The molecule has 0 radical (unpaired) electrons. The lowest BCUT2D eigenvalue weighted by molar-refractivity contribution is 0.271. The van der Waals surface area contributed by atoms with Crippen LogP contribution in [0.5, 0.6) is 5.75 Å². The van der Waals surface area contributed by atoms with Gasteiger partial charge < -0.3 is 20.2 Å². The van der Waals surface area contributed by atoms with Crippen LogP contribution in [0.3, 0.4) is 0 Å². The van der Waals surface area contributed by atoms with Gasteiger partial charge in [0.15, 0.2) is 0 Å². The molecule has 4 nitrogen and oxygen atoms in total. The first-order valence-electron chi connectivity index (χ1n) is 7.69. The zero-order valence-corrected chi connectivity index (χ0v) is 12.9. The molecule has 0 aromatic heterocycles. The Balaban J connectivity index is 2.05. The van der Waals surface area contributed by atoms with Crippen molar-refractivity contribution in [3.8, 4) is 5.75 Å². The van der Waals surface area contributed by atoms with Crippen LogP contribution in [0, 0.1) is 0 Å². The van der Waals surface area contributed by atoms with Crippen molar-refractivity contribution in [3.63, 3.8) is 0 Å². The summed E-state index contributed by atoms with van der Waals surface area (Å²) >= 11 is 0. The largest absolute Gasteiger partial charge is 0.508 e. The molecule has 0 saturated carbocycles. The molecule has 1 fully saturated rings. The molecule has 1 aromatic rings. The normalized spacial score (nSPS) is 18.2. The lowest BCUT2D eigenvalue weighted by Crippen LogP contribution is -2.46. The van der Waals surface area contributed by atoms with Crippen LogP contribution in [0.15, 0.2) is 18.2 Å². The predicted molar refractivity (Wildman–Crippen MR) is 84.5 cm³/mol. The molecular formula is C16H27N3O. The number of nitrogens with zero attached hydrogens (tertiary/aromatic N) is 2. The molecule has 4 heteroatoms. The van der Waals surface area contributed by atoms with Gasteiger partial charge in [-0.15, -0.1) is 0 Å². The van der Waals surface area contributed by atoms with Crippen molar-refractivity contribution in [1.82, 2.24) is 10.2 Å². The highest BCUT2D eigenvalue weighted by molar-refractivity contribution is 5.54. The minimum atomic E-state index is 0.186. The first-order valence-corrected chi connectivity index (χ1v) is 7.69. The maximum Gasteiger partial charge on any atom is 0.122 e. The van der Waals surface area contributed by atoms with Gasteiger partial charge in [0.2, 0.25) is 0 Å². The first-order chi connectivity index (χ1) is 9.65. The van der Waals surface area contributed by atoms with E-state index in [1.165, 1.54) is 0 Å². The fourth-order valence-electron chi connectivity index (χ4n) is 2.83. The van der Waals surface area contributed by atoms with Gasteiger partial charge in [0, 0.05) is 49.5 Å². The number of benzene rings is 1. The number of phenols is 1. The van der Waals surface area contributed by atoms with Crippen LogP contribution in [0.25, 0.3) is 0 Å². The fourth-order valence-corrected chi connectivity index (χ4v) is 2.83. The van der Waals surface area contributed by atoms with Crippen LogP contribution in [0.4, 0.5) is 5.69 Å². The molecule has 1 aliphatic rings. The molecular weight excluding hydrogens is 250 g/mol. The molecule has 2 N–H and O–H groups in total. The summed E-state index contributed by atoms with van der Waals surface area (Å²) in [6.45, 7) is 12.7. The third-order valence-electron chi connectivity index (χ3n) is 4.18. The Bertz CT molecular complexity index is 428. The summed E-state index contributed by atoms with van der Waals surface area (Å²) in [6.07, 6.45) is 0. The number of rotatable bonds is 5. The van der Waals surface area contributed by atoms with E-state index < -0.39 is 0 Å². The van der Waals surface area contributed by atoms with Crippen LogP contribution in [0.2, 0.25) is 0 Å². The molecule has 1 unspecified atom stereocenters. The van der Waals surface area contributed by atoms with Crippen LogP contribution in [0.1, 0.15) is 32.4 Å². The molecule has 0 spiro atoms. The number of piperazine rings is 1. The molecule has 1 saturated heterocycles. The SMILES string of the molecule is CCNC(C)c1ccc(N2CCN(CC)CC2)cc1O. The van der Waals surface area contributed by atoms with Crippen molar-refractivity contribution in [3.05, 3.63) is 23.8 Å². The first kappa shape index (κ1) is 15.1. The van der Waals surface area contributed by atoms with Crippen LogP contribution >= 0.6 is 0 Å². The van der Waals surface area contributed by atoms with Gasteiger partial charge in [-0.3, -0.25) is 0 Å². The van der Waals surface area contributed by atoms with Crippen molar-refractivity contribution in [1.29, 1.82) is 0 Å². The maximum atomic E-state index is 10.2. The minimum absolute atomic E-state index is 0.186. The van der Waals surface area contributed by atoms with E-state index in [9.17, 15) is 5.11 Å². The van der Waals surface area contributed by atoms with Gasteiger partial charge in [-0.25, -0.2) is 0 Å². The quantitative estimate of drug-likeness (QED) is 0.865. The number of aromatic hydroxyl groups is 1. The molecule has 0 bridgehead atoms. The molecule has 2 rings (SSSR count). The lowest BCUT2D eigenvalue weighted by atomic mass is 10.1. The molecule has 1 atom stereocenters. The number of phenolic OH excluding ortho intramolecular Hbond substituents is 1. The number of hydrogen-bond acceptors (Lipinski definition) is 4. The summed E-state index contributed by atoms with van der Waals surface area (Å²) in [5, 5.41) is 13.6. The minimum Gasteiger partial charge on any atom is -0.508 e. The Morgan fingerprint density at radius 2 is 1.90 bits per heavy atom. The Labute approximate surface area is 122 Å². The van der Waals surface area contributed by atoms with E-state index in [4.69, 9.17) is 0 Å². The summed E-state index contributed by atoms with van der Waals surface area (Å²) < 4.78 is 0. The van der Waals surface area contributed by atoms with Crippen LogP contribution < -0.4 is 10.2 Å². The van der Waals surface area contributed by atoms with Crippen LogP contribution in [-0.2, 0) is 0 Å². The van der Waals surface area contributed by atoms with Crippen molar-refractivity contribution in [2.75, 3.05) is 44.2 Å². The summed E-state index contributed by atoms with van der Waals surface area (Å²) in [6, 6.07) is 6.27. The average Bonchev–Trinajstić information content (AvgIpc) is 2.47. The number of nitrogens with one attached hydrogen (secondary N) is 1. The number of anilines is 1. The number of likely N-dealkylation sites (N-methyl/N-ethyl adjacent to an activating group) is 1. The zero-order chi connectivity index (χ0) is 14.5. The van der Waals surface area contributed by atoms with Crippen molar-refractivity contribution < 1.29 is 5.11 Å². The van der Waals surface area contributed by atoms with Crippen molar-refractivity contribution in [2.45, 2.75) is 26.8 Å². The van der Waals surface area contributed by atoms with E-state index in [1.54, 1.807) is 0 Å². The summed E-state index contributed by atoms with van der Waals surface area (Å²) in [5.74, 6) is 0.397. The second-order valence-electron chi connectivity index (χ2n) is 5.44. The van der Waals surface area contributed by atoms with E-state index >= 15 is 0 Å². The van der Waals surface area contributed by atoms with E-state index in [2.05, 4.69) is 42.0 Å². The summed E-state index contributed by atoms with van der Waals surface area (Å²) in [5.41, 5.74) is 2.11. The topological polar surface area (TPSA) is 38.7 Å². The van der Waals surface area contributed by atoms with Gasteiger partial charge in [0.1, 0.15) is 5.75 Å². The average molecular weight is 277 g/mol. The van der Waals surface area contributed by atoms with E-state index in [0.29, 0.717) is 5.75 Å². The van der Waals surface area contributed by atoms with Gasteiger partial charge in [0.05, 0.1) is 0 Å². The van der Waals surface area contributed by atoms with Crippen molar-refractivity contribution in [2.24, 2.45) is 0 Å². The lowest BCUT2D eigenvalue weighted by Gasteiger charge is -2.35. The molecule has 0 amide bonds.